The molecule has 10 heteroatoms. The highest BCUT2D eigenvalue weighted by atomic mass is 35.5. The second-order valence-corrected chi connectivity index (χ2v) is 6.69. The zero-order valence-electron chi connectivity index (χ0n) is 13.1. The maximum atomic E-state index is 12.4. The molecule has 3 N–H and O–H groups in total. The fraction of sp³-hybridized carbons (Fsp3) is 0.0625. The van der Waals surface area contributed by atoms with E-state index in [9.17, 15) is 9.59 Å². The summed E-state index contributed by atoms with van der Waals surface area (Å²) in [6.07, 6.45) is 2.89. The standard InChI is InChI=1S/C16H11ClN6O2S/c17-9-6-26-16(13(9)14-19-7-20-23-14)22-12(24)5-8-4-11-10(21-15(8)25)2-1-3-18-11/h1-4,6-7H,5H2,(H,21,25)(H,22,24)(H,19,20,23). The van der Waals surface area contributed by atoms with Gasteiger partial charge in [0.25, 0.3) is 5.56 Å². The molecular weight excluding hydrogens is 376 g/mol. The summed E-state index contributed by atoms with van der Waals surface area (Å²) in [5.74, 6) is 0.115. The lowest BCUT2D eigenvalue weighted by Crippen LogP contribution is -2.21. The number of carbonyl (C=O) groups is 1. The van der Waals surface area contributed by atoms with Gasteiger partial charge in [0.1, 0.15) is 11.3 Å². The molecule has 26 heavy (non-hydrogen) atoms. The molecule has 0 bridgehead atoms. The maximum absolute atomic E-state index is 12.4. The van der Waals surface area contributed by atoms with Crippen LogP contribution in [0.2, 0.25) is 5.02 Å². The lowest BCUT2D eigenvalue weighted by molar-refractivity contribution is -0.115. The third-order valence-corrected chi connectivity index (χ3v) is 5.01. The lowest BCUT2D eigenvalue weighted by atomic mass is 10.1. The number of rotatable bonds is 4. The number of hydrogen-bond donors (Lipinski definition) is 3. The highest BCUT2D eigenvalue weighted by Gasteiger charge is 2.18. The minimum Gasteiger partial charge on any atom is -0.320 e. The Kier molecular flexibility index (Phi) is 4.23. The molecule has 0 aliphatic heterocycles. The predicted octanol–water partition coefficient (Wildman–Crippen LogP) is 2.60. The number of hydrogen-bond acceptors (Lipinski definition) is 6. The Bertz CT molecular complexity index is 1150. The number of amides is 1. The zero-order chi connectivity index (χ0) is 18.1. The van der Waals surface area contributed by atoms with Crippen LogP contribution in [0.4, 0.5) is 5.00 Å². The van der Waals surface area contributed by atoms with Crippen LogP contribution in [-0.2, 0) is 11.2 Å². The van der Waals surface area contributed by atoms with Gasteiger partial charge in [-0.15, -0.1) is 11.3 Å². The Hall–Kier alpha value is -3.04. The third kappa shape index (κ3) is 3.09. The van der Waals surface area contributed by atoms with Gasteiger partial charge >= 0.3 is 0 Å². The predicted molar refractivity (Wildman–Crippen MR) is 99.4 cm³/mol. The highest BCUT2D eigenvalue weighted by Crippen LogP contribution is 2.38. The number of aromatic amines is 2. The fourth-order valence-electron chi connectivity index (χ4n) is 2.52. The van der Waals surface area contributed by atoms with Crippen LogP contribution in [0, 0.1) is 0 Å². The maximum Gasteiger partial charge on any atom is 0.252 e. The topological polar surface area (TPSA) is 116 Å². The van der Waals surface area contributed by atoms with Crippen molar-refractivity contribution in [1.29, 1.82) is 0 Å². The number of thiophene rings is 1. The van der Waals surface area contributed by atoms with Crippen LogP contribution < -0.4 is 10.9 Å². The SMILES string of the molecule is O=C(Cc1cc2ncccc2[nH]c1=O)Nc1scc(Cl)c1-c1ncn[nH]1. The molecular formula is C16H11ClN6O2S. The van der Waals surface area contributed by atoms with Gasteiger partial charge in [0.05, 0.1) is 28.0 Å². The number of fused-ring (bicyclic) bond motifs is 1. The molecule has 0 saturated heterocycles. The van der Waals surface area contributed by atoms with Crippen LogP contribution in [0.3, 0.4) is 0 Å². The van der Waals surface area contributed by atoms with Gasteiger partial charge in [-0.1, -0.05) is 11.6 Å². The van der Waals surface area contributed by atoms with E-state index < -0.39 is 0 Å². The molecule has 1 amide bonds. The van der Waals surface area contributed by atoms with Crippen molar-refractivity contribution < 1.29 is 4.79 Å². The normalized spacial score (nSPS) is 11.0. The molecule has 130 valence electrons. The summed E-state index contributed by atoms with van der Waals surface area (Å²) in [5, 5.41) is 12.0. The summed E-state index contributed by atoms with van der Waals surface area (Å²) in [6, 6.07) is 5.10. The van der Waals surface area contributed by atoms with Crippen LogP contribution >= 0.6 is 22.9 Å². The highest BCUT2D eigenvalue weighted by molar-refractivity contribution is 7.15. The van der Waals surface area contributed by atoms with Crippen molar-refractivity contribution in [2.24, 2.45) is 0 Å². The van der Waals surface area contributed by atoms with Gasteiger partial charge in [-0.3, -0.25) is 19.7 Å². The molecule has 0 radical (unpaired) electrons. The molecule has 0 spiro atoms. The number of aromatic nitrogens is 5. The number of nitrogens with zero attached hydrogens (tertiary/aromatic N) is 3. The van der Waals surface area contributed by atoms with Gasteiger partial charge in [-0.2, -0.15) is 5.10 Å². The Morgan fingerprint density at radius 3 is 3.04 bits per heavy atom. The Morgan fingerprint density at radius 2 is 2.23 bits per heavy atom. The zero-order valence-corrected chi connectivity index (χ0v) is 14.7. The number of H-pyrrole nitrogens is 2. The first-order valence-electron chi connectivity index (χ1n) is 7.51. The molecule has 8 nitrogen and oxygen atoms in total. The second kappa shape index (κ2) is 6.70. The van der Waals surface area contributed by atoms with Crippen LogP contribution in [0.25, 0.3) is 22.4 Å². The molecule has 0 aliphatic rings. The molecule has 0 atom stereocenters. The summed E-state index contributed by atoms with van der Waals surface area (Å²) >= 11 is 7.45. The summed E-state index contributed by atoms with van der Waals surface area (Å²) in [6.45, 7) is 0. The van der Waals surface area contributed by atoms with Gasteiger partial charge < -0.3 is 10.3 Å². The fourth-order valence-corrected chi connectivity index (χ4v) is 3.73. The van der Waals surface area contributed by atoms with Crippen molar-refractivity contribution in [2.45, 2.75) is 6.42 Å². The number of nitrogens with one attached hydrogen (secondary N) is 3. The van der Waals surface area contributed by atoms with Crippen LogP contribution in [-0.4, -0.2) is 31.1 Å². The van der Waals surface area contributed by atoms with Crippen molar-refractivity contribution in [3.05, 3.63) is 57.0 Å². The third-order valence-electron chi connectivity index (χ3n) is 3.69. The summed E-state index contributed by atoms with van der Waals surface area (Å²) in [7, 11) is 0. The Labute approximate surface area is 155 Å². The first kappa shape index (κ1) is 16.4. The van der Waals surface area contributed by atoms with E-state index in [1.165, 1.54) is 17.7 Å². The van der Waals surface area contributed by atoms with Crippen molar-refractivity contribution >= 4 is 44.9 Å². The number of pyridine rings is 2. The molecule has 0 unspecified atom stereocenters. The van der Waals surface area contributed by atoms with Gasteiger partial charge in [0.2, 0.25) is 5.91 Å². The van der Waals surface area contributed by atoms with E-state index in [0.29, 0.717) is 38.0 Å². The average molecular weight is 387 g/mol. The van der Waals surface area contributed by atoms with E-state index in [-0.39, 0.29) is 17.9 Å². The minimum absolute atomic E-state index is 0.0901. The van der Waals surface area contributed by atoms with Crippen molar-refractivity contribution in [2.75, 3.05) is 5.32 Å². The van der Waals surface area contributed by atoms with Crippen molar-refractivity contribution in [3.63, 3.8) is 0 Å². The molecule has 0 fully saturated rings. The van der Waals surface area contributed by atoms with E-state index in [1.54, 1.807) is 29.8 Å². The Balaban J connectivity index is 1.59. The van der Waals surface area contributed by atoms with Crippen LogP contribution in [0.15, 0.2) is 40.9 Å². The number of anilines is 1. The van der Waals surface area contributed by atoms with Crippen molar-refractivity contribution in [1.82, 2.24) is 25.1 Å². The van der Waals surface area contributed by atoms with E-state index in [1.807, 2.05) is 0 Å². The molecule has 0 aliphatic carbocycles. The van der Waals surface area contributed by atoms with Gasteiger partial charge in [-0.25, -0.2) is 4.98 Å². The molecule has 4 aromatic heterocycles. The average Bonchev–Trinajstić information content (AvgIpc) is 3.25. The first-order valence-corrected chi connectivity index (χ1v) is 8.77. The summed E-state index contributed by atoms with van der Waals surface area (Å²) < 4.78 is 0. The monoisotopic (exact) mass is 386 g/mol. The minimum atomic E-state index is -0.343. The van der Waals surface area contributed by atoms with E-state index in [0.717, 1.165) is 0 Å². The van der Waals surface area contributed by atoms with E-state index in [4.69, 9.17) is 11.6 Å². The lowest BCUT2D eigenvalue weighted by Gasteiger charge is -2.06. The van der Waals surface area contributed by atoms with Crippen molar-refractivity contribution in [3.8, 4) is 11.4 Å². The van der Waals surface area contributed by atoms with Gasteiger partial charge in [-0.05, 0) is 18.2 Å². The summed E-state index contributed by atoms with van der Waals surface area (Å²) in [5.41, 5.74) is 1.82. The number of carbonyl (C=O) groups excluding carboxylic acids is 1. The molecule has 4 aromatic rings. The first-order chi connectivity index (χ1) is 12.6. The molecule has 0 aromatic carbocycles. The van der Waals surface area contributed by atoms with Gasteiger partial charge in [0, 0.05) is 17.1 Å². The van der Waals surface area contributed by atoms with Crippen LogP contribution in [0.5, 0.6) is 0 Å². The van der Waals surface area contributed by atoms with E-state index >= 15 is 0 Å². The Morgan fingerprint density at radius 1 is 1.35 bits per heavy atom. The summed E-state index contributed by atoms with van der Waals surface area (Å²) in [4.78, 5) is 35.6. The largest absolute Gasteiger partial charge is 0.320 e. The molecule has 4 heterocycles. The van der Waals surface area contributed by atoms with Crippen LogP contribution in [0.1, 0.15) is 5.56 Å². The smallest absolute Gasteiger partial charge is 0.252 e. The number of halogens is 1. The van der Waals surface area contributed by atoms with E-state index in [2.05, 4.69) is 30.5 Å². The molecule has 4 rings (SSSR count). The van der Waals surface area contributed by atoms with Gasteiger partial charge in [0.15, 0.2) is 5.82 Å². The second-order valence-electron chi connectivity index (χ2n) is 5.41. The quantitative estimate of drug-likeness (QED) is 0.498. The molecule has 0 saturated carbocycles.